The van der Waals surface area contributed by atoms with Gasteiger partial charge in [-0.05, 0) is 18.4 Å². The van der Waals surface area contributed by atoms with Crippen LogP contribution in [0, 0.1) is 0 Å². The smallest absolute Gasteiger partial charge is 0.331 e. The van der Waals surface area contributed by atoms with E-state index in [2.05, 4.69) is 0 Å². The molecule has 1 rings (SSSR count). The van der Waals surface area contributed by atoms with E-state index in [4.69, 9.17) is 5.11 Å². The number of carboxylic acid groups (broad SMARTS) is 1. The van der Waals surface area contributed by atoms with Gasteiger partial charge < -0.3 is 10.0 Å². The van der Waals surface area contributed by atoms with E-state index < -0.39 is 12.0 Å². The number of hydrogen-bond acceptors (Lipinski definition) is 3. The van der Waals surface area contributed by atoms with E-state index in [1.165, 1.54) is 16.2 Å². The monoisotopic (exact) mass is 213 g/mol. The molecule has 1 aromatic rings. The number of amides is 1. The second kappa shape index (κ2) is 4.76. The Hall–Kier alpha value is -1.36. The second-order valence-electron chi connectivity index (χ2n) is 2.69. The van der Waals surface area contributed by atoms with Crippen molar-refractivity contribution in [2.24, 2.45) is 0 Å². The molecule has 5 heteroatoms. The third-order valence-electron chi connectivity index (χ3n) is 1.88. The minimum atomic E-state index is -0.999. The van der Waals surface area contributed by atoms with Gasteiger partial charge in [-0.3, -0.25) is 4.79 Å². The summed E-state index contributed by atoms with van der Waals surface area (Å²) >= 11 is 1.34. The predicted molar refractivity (Wildman–Crippen MR) is 53.1 cm³/mol. The summed E-state index contributed by atoms with van der Waals surface area (Å²) in [6, 6.07) is 2.64. The molecule has 1 N–H and O–H groups in total. The highest BCUT2D eigenvalue weighted by Crippen LogP contribution is 2.24. The third-order valence-corrected chi connectivity index (χ3v) is 2.80. The van der Waals surface area contributed by atoms with Crippen LogP contribution in [0.4, 0.5) is 0 Å². The molecule has 1 unspecified atom stereocenters. The van der Waals surface area contributed by atoms with E-state index in [0.29, 0.717) is 17.8 Å². The van der Waals surface area contributed by atoms with Gasteiger partial charge in [-0.25, -0.2) is 4.79 Å². The first-order chi connectivity index (χ1) is 6.70. The maximum atomic E-state index is 11.0. The van der Waals surface area contributed by atoms with E-state index in [0.717, 1.165) is 0 Å². The standard InChI is InChI=1S/C9H11NO3S/c1-2-10(6-11)8(9(12)13)7-4-3-5-14-7/h3-6,8H,2H2,1H3,(H,12,13). The van der Waals surface area contributed by atoms with Crippen molar-refractivity contribution in [1.82, 2.24) is 4.90 Å². The number of thiophene rings is 1. The Morgan fingerprint density at radius 2 is 2.50 bits per heavy atom. The Bertz CT molecular complexity index is 310. The first kappa shape index (κ1) is 10.7. The van der Waals surface area contributed by atoms with Crippen molar-refractivity contribution in [1.29, 1.82) is 0 Å². The molecule has 14 heavy (non-hydrogen) atoms. The van der Waals surface area contributed by atoms with Crippen LogP contribution in [-0.2, 0) is 9.59 Å². The average Bonchev–Trinajstić information content (AvgIpc) is 2.65. The summed E-state index contributed by atoms with van der Waals surface area (Å²) in [4.78, 5) is 23.5. The number of hydrogen-bond donors (Lipinski definition) is 1. The van der Waals surface area contributed by atoms with E-state index in [1.54, 1.807) is 24.4 Å². The van der Waals surface area contributed by atoms with Crippen molar-refractivity contribution >= 4 is 23.7 Å². The van der Waals surface area contributed by atoms with Gasteiger partial charge >= 0.3 is 5.97 Å². The molecule has 0 spiro atoms. The van der Waals surface area contributed by atoms with Gasteiger partial charge in [-0.1, -0.05) is 6.07 Å². The van der Waals surface area contributed by atoms with Crippen LogP contribution in [0.1, 0.15) is 17.8 Å². The molecule has 0 aromatic carbocycles. The Morgan fingerprint density at radius 1 is 1.79 bits per heavy atom. The maximum absolute atomic E-state index is 11.0. The Labute approximate surface area is 85.8 Å². The minimum absolute atomic E-state index is 0.387. The molecule has 0 saturated heterocycles. The molecule has 1 atom stereocenters. The van der Waals surface area contributed by atoms with E-state index >= 15 is 0 Å². The molecule has 0 aliphatic heterocycles. The molecule has 1 aromatic heterocycles. The fraction of sp³-hybridized carbons (Fsp3) is 0.333. The number of nitrogens with zero attached hydrogens (tertiary/aromatic N) is 1. The SMILES string of the molecule is CCN(C=O)C(C(=O)O)c1cccs1. The van der Waals surface area contributed by atoms with Gasteiger partial charge in [-0.15, -0.1) is 11.3 Å². The van der Waals surface area contributed by atoms with Crippen LogP contribution in [0.2, 0.25) is 0 Å². The third kappa shape index (κ3) is 2.11. The van der Waals surface area contributed by atoms with Crippen LogP contribution in [0.5, 0.6) is 0 Å². The molecular formula is C9H11NO3S. The molecule has 0 saturated carbocycles. The lowest BCUT2D eigenvalue weighted by Gasteiger charge is -2.22. The summed E-state index contributed by atoms with van der Waals surface area (Å²) in [5.74, 6) is -0.999. The molecule has 0 radical (unpaired) electrons. The van der Waals surface area contributed by atoms with Crippen molar-refractivity contribution < 1.29 is 14.7 Å². The molecule has 1 heterocycles. The highest BCUT2D eigenvalue weighted by molar-refractivity contribution is 7.10. The van der Waals surface area contributed by atoms with Crippen molar-refractivity contribution in [3.63, 3.8) is 0 Å². The highest BCUT2D eigenvalue weighted by atomic mass is 32.1. The number of carbonyl (C=O) groups is 2. The summed E-state index contributed by atoms with van der Waals surface area (Å²) in [6.45, 7) is 2.14. The zero-order valence-corrected chi connectivity index (χ0v) is 8.53. The van der Waals surface area contributed by atoms with Gasteiger partial charge in [0.1, 0.15) is 0 Å². The quantitative estimate of drug-likeness (QED) is 0.751. The predicted octanol–water partition coefficient (Wildman–Crippen LogP) is 1.35. The van der Waals surface area contributed by atoms with Gasteiger partial charge in [-0.2, -0.15) is 0 Å². The molecule has 0 aliphatic rings. The Balaban J connectivity index is 2.95. The molecule has 76 valence electrons. The van der Waals surface area contributed by atoms with Crippen molar-refractivity contribution in [2.45, 2.75) is 13.0 Å². The second-order valence-corrected chi connectivity index (χ2v) is 3.67. The normalized spacial score (nSPS) is 12.1. The molecule has 0 fully saturated rings. The van der Waals surface area contributed by atoms with Crippen LogP contribution in [-0.4, -0.2) is 28.9 Å². The highest BCUT2D eigenvalue weighted by Gasteiger charge is 2.25. The molecule has 0 bridgehead atoms. The van der Waals surface area contributed by atoms with Gasteiger partial charge in [0, 0.05) is 11.4 Å². The summed E-state index contributed by atoms with van der Waals surface area (Å²) in [5.41, 5.74) is 0. The van der Waals surface area contributed by atoms with Crippen LogP contribution >= 0.6 is 11.3 Å². The van der Waals surface area contributed by atoms with E-state index in [1.807, 2.05) is 0 Å². The number of likely N-dealkylation sites (N-methyl/N-ethyl adjacent to an activating group) is 1. The van der Waals surface area contributed by atoms with E-state index in [9.17, 15) is 9.59 Å². The number of aliphatic carboxylic acids is 1. The van der Waals surface area contributed by atoms with Crippen LogP contribution in [0.3, 0.4) is 0 Å². The number of carboxylic acids is 1. The summed E-state index contributed by atoms with van der Waals surface area (Å²) < 4.78 is 0. The first-order valence-corrected chi connectivity index (χ1v) is 5.06. The topological polar surface area (TPSA) is 57.6 Å². The van der Waals surface area contributed by atoms with Crippen LogP contribution < -0.4 is 0 Å². The minimum Gasteiger partial charge on any atom is -0.479 e. The molecule has 4 nitrogen and oxygen atoms in total. The van der Waals surface area contributed by atoms with Crippen LogP contribution in [0.15, 0.2) is 17.5 Å². The number of carbonyl (C=O) groups excluding carboxylic acids is 1. The Kier molecular flexibility index (Phi) is 3.64. The van der Waals surface area contributed by atoms with Crippen molar-refractivity contribution in [2.75, 3.05) is 6.54 Å². The fourth-order valence-electron chi connectivity index (χ4n) is 1.19. The average molecular weight is 213 g/mol. The van der Waals surface area contributed by atoms with Gasteiger partial charge in [0.05, 0.1) is 0 Å². The summed E-state index contributed by atoms with van der Waals surface area (Å²) in [7, 11) is 0. The summed E-state index contributed by atoms with van der Waals surface area (Å²) in [6.07, 6.45) is 0.568. The lowest BCUT2D eigenvalue weighted by Crippen LogP contribution is -2.32. The zero-order valence-electron chi connectivity index (χ0n) is 7.71. The molecular weight excluding hydrogens is 202 g/mol. The van der Waals surface area contributed by atoms with Gasteiger partial charge in [0.25, 0.3) is 0 Å². The number of rotatable bonds is 5. The van der Waals surface area contributed by atoms with Crippen molar-refractivity contribution in [3.05, 3.63) is 22.4 Å². The van der Waals surface area contributed by atoms with Gasteiger partial charge in [0.2, 0.25) is 6.41 Å². The fourth-order valence-corrected chi connectivity index (χ4v) is 2.03. The molecule has 1 amide bonds. The Morgan fingerprint density at radius 3 is 2.86 bits per heavy atom. The van der Waals surface area contributed by atoms with Gasteiger partial charge in [0.15, 0.2) is 6.04 Å². The zero-order chi connectivity index (χ0) is 10.6. The largest absolute Gasteiger partial charge is 0.479 e. The lowest BCUT2D eigenvalue weighted by molar-refractivity contribution is -0.146. The van der Waals surface area contributed by atoms with Crippen LogP contribution in [0.25, 0.3) is 0 Å². The van der Waals surface area contributed by atoms with E-state index in [-0.39, 0.29) is 0 Å². The first-order valence-electron chi connectivity index (χ1n) is 4.18. The van der Waals surface area contributed by atoms with Crippen molar-refractivity contribution in [3.8, 4) is 0 Å². The summed E-state index contributed by atoms with van der Waals surface area (Å²) in [5, 5.41) is 10.8. The maximum Gasteiger partial charge on any atom is 0.331 e. The molecule has 0 aliphatic carbocycles. The lowest BCUT2D eigenvalue weighted by atomic mass is 10.2.